The number of benzene rings is 2. The highest BCUT2D eigenvalue weighted by Crippen LogP contribution is 2.27. The summed E-state index contributed by atoms with van der Waals surface area (Å²) >= 11 is 0. The van der Waals surface area contributed by atoms with Gasteiger partial charge in [0.15, 0.2) is 0 Å². The number of aromatic hydroxyl groups is 1. The van der Waals surface area contributed by atoms with Crippen LogP contribution in [0, 0.1) is 0 Å². The fraction of sp³-hybridized carbons (Fsp3) is 0.200. The summed E-state index contributed by atoms with van der Waals surface area (Å²) in [5, 5.41) is 12.2. The van der Waals surface area contributed by atoms with Crippen LogP contribution < -0.4 is 0 Å². The average Bonchev–Trinajstić information content (AvgIpc) is 2.32. The lowest BCUT2D eigenvalue weighted by atomic mass is 10.0. The number of phenolic OH excluding ortho intramolecular Hbond substituents is 1. The van der Waals surface area contributed by atoms with Crippen molar-refractivity contribution in [3.63, 3.8) is 0 Å². The minimum Gasteiger partial charge on any atom is -0.508 e. The second-order valence-electron chi connectivity index (χ2n) is 3.87. The van der Waals surface area contributed by atoms with Gasteiger partial charge in [-0.3, -0.25) is 0 Å². The predicted molar refractivity (Wildman–Crippen MR) is 68.7 cm³/mol. The third kappa shape index (κ3) is 2.08. The Morgan fingerprint density at radius 1 is 1.06 bits per heavy atom. The highest BCUT2D eigenvalue weighted by atomic mass is 16.3. The predicted octanol–water partition coefficient (Wildman–Crippen LogP) is 4.05. The molecule has 0 saturated carbocycles. The van der Waals surface area contributed by atoms with Gasteiger partial charge in [0.2, 0.25) is 0 Å². The van der Waals surface area contributed by atoms with Crippen LogP contribution in [0.4, 0.5) is 0 Å². The molecule has 16 heavy (non-hydrogen) atoms. The summed E-state index contributed by atoms with van der Waals surface area (Å²) < 4.78 is 0. The molecule has 0 radical (unpaired) electrons. The van der Waals surface area contributed by atoms with E-state index in [4.69, 9.17) is 0 Å². The van der Waals surface area contributed by atoms with Crippen molar-refractivity contribution in [2.75, 3.05) is 0 Å². The Hall–Kier alpha value is -1.76. The Morgan fingerprint density at radius 2 is 1.88 bits per heavy atom. The van der Waals surface area contributed by atoms with Crippen LogP contribution in [0.25, 0.3) is 10.8 Å². The first-order valence-electron chi connectivity index (χ1n) is 5.67. The van der Waals surface area contributed by atoms with Crippen molar-refractivity contribution >= 4 is 10.8 Å². The molecule has 0 saturated heterocycles. The lowest BCUT2D eigenvalue weighted by molar-refractivity contribution is 0.471. The fourth-order valence-corrected chi connectivity index (χ4v) is 1.91. The van der Waals surface area contributed by atoms with Gasteiger partial charge in [-0.25, -0.2) is 0 Å². The Morgan fingerprint density at radius 3 is 2.69 bits per heavy atom. The van der Waals surface area contributed by atoms with E-state index in [-0.39, 0.29) is 0 Å². The van der Waals surface area contributed by atoms with Crippen molar-refractivity contribution in [3.8, 4) is 5.75 Å². The first-order chi connectivity index (χ1) is 7.83. The van der Waals surface area contributed by atoms with Crippen molar-refractivity contribution in [1.29, 1.82) is 0 Å². The fourth-order valence-electron chi connectivity index (χ4n) is 1.91. The van der Waals surface area contributed by atoms with Crippen molar-refractivity contribution in [3.05, 3.63) is 54.1 Å². The summed E-state index contributed by atoms with van der Waals surface area (Å²) in [6.07, 6.45) is 6.06. The monoisotopic (exact) mass is 212 g/mol. The molecule has 0 bridgehead atoms. The lowest BCUT2D eigenvalue weighted by Gasteiger charge is -2.06. The van der Waals surface area contributed by atoms with Gasteiger partial charge < -0.3 is 5.11 Å². The average molecular weight is 212 g/mol. The molecule has 0 fully saturated rings. The first kappa shape index (κ1) is 10.7. The smallest absolute Gasteiger partial charge is 0.119 e. The molecule has 0 atom stereocenters. The summed E-state index contributed by atoms with van der Waals surface area (Å²) in [4.78, 5) is 0. The van der Waals surface area contributed by atoms with E-state index in [1.807, 2.05) is 18.2 Å². The van der Waals surface area contributed by atoms with Crippen LogP contribution in [0.3, 0.4) is 0 Å². The van der Waals surface area contributed by atoms with E-state index in [9.17, 15) is 5.11 Å². The molecule has 0 amide bonds. The molecule has 82 valence electrons. The molecule has 2 aromatic rings. The molecule has 1 heteroatoms. The second kappa shape index (κ2) is 4.84. The van der Waals surface area contributed by atoms with E-state index in [1.54, 1.807) is 6.07 Å². The van der Waals surface area contributed by atoms with Gasteiger partial charge in [0.05, 0.1) is 0 Å². The molecule has 0 aliphatic heterocycles. The Bertz CT molecular complexity index is 512. The zero-order valence-electron chi connectivity index (χ0n) is 9.48. The molecular formula is C15H16O. The molecule has 0 unspecified atom stereocenters. The van der Waals surface area contributed by atoms with E-state index in [2.05, 4.69) is 31.2 Å². The molecule has 0 spiro atoms. The van der Waals surface area contributed by atoms with E-state index in [1.165, 1.54) is 5.39 Å². The van der Waals surface area contributed by atoms with Crippen LogP contribution in [-0.2, 0) is 6.42 Å². The molecule has 0 aromatic heterocycles. The highest BCUT2D eigenvalue weighted by molar-refractivity contribution is 5.87. The van der Waals surface area contributed by atoms with Crippen LogP contribution in [0.2, 0.25) is 0 Å². The number of fused-ring (bicyclic) bond motifs is 1. The minimum absolute atomic E-state index is 0.388. The van der Waals surface area contributed by atoms with E-state index in [0.29, 0.717) is 5.75 Å². The van der Waals surface area contributed by atoms with Crippen molar-refractivity contribution < 1.29 is 5.11 Å². The van der Waals surface area contributed by atoms with E-state index in [0.717, 1.165) is 23.8 Å². The van der Waals surface area contributed by atoms with Gasteiger partial charge in [-0.15, -0.1) is 0 Å². The third-order valence-corrected chi connectivity index (χ3v) is 2.74. The third-order valence-electron chi connectivity index (χ3n) is 2.74. The Kier molecular flexibility index (Phi) is 3.25. The van der Waals surface area contributed by atoms with Crippen LogP contribution in [0.15, 0.2) is 48.6 Å². The molecule has 0 heterocycles. The SMILES string of the molecule is CCC=CCc1c(O)ccc2ccccc12. The standard InChI is InChI=1S/C15H16O/c1-2-3-4-9-14-13-8-6-5-7-12(13)10-11-15(14)16/h3-8,10-11,16H,2,9H2,1H3. The van der Waals surface area contributed by atoms with Gasteiger partial charge in [0, 0.05) is 5.56 Å². The molecule has 0 aliphatic carbocycles. The van der Waals surface area contributed by atoms with Crippen molar-refractivity contribution in [2.45, 2.75) is 19.8 Å². The summed E-state index contributed by atoms with van der Waals surface area (Å²) in [5.41, 5.74) is 1.02. The second-order valence-corrected chi connectivity index (χ2v) is 3.87. The van der Waals surface area contributed by atoms with Crippen LogP contribution in [0.1, 0.15) is 18.9 Å². The van der Waals surface area contributed by atoms with Gasteiger partial charge in [-0.05, 0) is 29.7 Å². The van der Waals surface area contributed by atoms with Gasteiger partial charge >= 0.3 is 0 Å². The van der Waals surface area contributed by atoms with Crippen molar-refractivity contribution in [1.82, 2.24) is 0 Å². The van der Waals surface area contributed by atoms with Crippen LogP contribution >= 0.6 is 0 Å². The summed E-state index contributed by atoms with van der Waals surface area (Å²) in [6, 6.07) is 11.9. The number of hydrogen-bond donors (Lipinski definition) is 1. The summed E-state index contributed by atoms with van der Waals surface area (Å²) in [5.74, 6) is 0.388. The Labute approximate surface area is 96.0 Å². The lowest BCUT2D eigenvalue weighted by Crippen LogP contribution is -1.85. The quantitative estimate of drug-likeness (QED) is 0.761. The van der Waals surface area contributed by atoms with Crippen molar-refractivity contribution in [2.24, 2.45) is 0 Å². The highest BCUT2D eigenvalue weighted by Gasteiger charge is 2.04. The van der Waals surface area contributed by atoms with Gasteiger partial charge in [0.25, 0.3) is 0 Å². The van der Waals surface area contributed by atoms with E-state index < -0.39 is 0 Å². The van der Waals surface area contributed by atoms with Gasteiger partial charge in [-0.2, -0.15) is 0 Å². The first-order valence-corrected chi connectivity index (χ1v) is 5.67. The zero-order chi connectivity index (χ0) is 11.4. The van der Waals surface area contributed by atoms with Crippen LogP contribution in [-0.4, -0.2) is 5.11 Å². The minimum atomic E-state index is 0.388. The molecular weight excluding hydrogens is 196 g/mol. The van der Waals surface area contributed by atoms with Crippen LogP contribution in [0.5, 0.6) is 5.75 Å². The number of phenols is 1. The number of allylic oxidation sites excluding steroid dienone is 2. The van der Waals surface area contributed by atoms with Gasteiger partial charge in [0.1, 0.15) is 5.75 Å². The molecule has 2 rings (SSSR count). The molecule has 1 N–H and O–H groups in total. The molecule has 1 nitrogen and oxygen atoms in total. The normalized spacial score (nSPS) is 11.3. The summed E-state index contributed by atoms with van der Waals surface area (Å²) in [7, 11) is 0. The maximum absolute atomic E-state index is 9.87. The molecule has 2 aromatic carbocycles. The van der Waals surface area contributed by atoms with Gasteiger partial charge in [-0.1, -0.05) is 49.4 Å². The number of rotatable bonds is 3. The summed E-state index contributed by atoms with van der Waals surface area (Å²) in [6.45, 7) is 2.11. The maximum atomic E-state index is 9.87. The number of hydrogen-bond acceptors (Lipinski definition) is 1. The Balaban J connectivity index is 2.48. The zero-order valence-corrected chi connectivity index (χ0v) is 9.48. The van der Waals surface area contributed by atoms with E-state index >= 15 is 0 Å². The largest absolute Gasteiger partial charge is 0.508 e. The molecule has 0 aliphatic rings. The topological polar surface area (TPSA) is 20.2 Å². The maximum Gasteiger partial charge on any atom is 0.119 e.